The molecule has 63 heavy (non-hydrogen) atoms. The largest absolute Gasteiger partial charge is 0.317 e. The van der Waals surface area contributed by atoms with E-state index < -0.39 is 5.41 Å². The summed E-state index contributed by atoms with van der Waals surface area (Å²) >= 11 is 0. The number of hydrogen-bond acceptors (Lipinski definition) is 2. The molecule has 9 aromatic carbocycles. The lowest BCUT2D eigenvalue weighted by Crippen LogP contribution is -2.28. The van der Waals surface area contributed by atoms with E-state index in [0.29, 0.717) is 33.6 Å². The van der Waals surface area contributed by atoms with Crippen molar-refractivity contribution in [3.63, 3.8) is 0 Å². The molecule has 0 unspecified atom stereocenters. The smallest absolute Gasteiger partial charge is 0.211 e. The molecule has 0 aliphatic heterocycles. The van der Waals surface area contributed by atoms with Gasteiger partial charge in [0.25, 0.3) is 0 Å². The van der Waals surface area contributed by atoms with Crippen LogP contribution in [0.15, 0.2) is 200 Å². The first kappa shape index (κ1) is 35.9. The number of nitriles is 2. The Morgan fingerprint density at radius 3 is 1.67 bits per heavy atom. The molecule has 0 saturated heterocycles. The number of nitrogens with zero attached hydrogens (tertiary/aromatic N) is 5. The molecule has 2 heterocycles. The summed E-state index contributed by atoms with van der Waals surface area (Å²) in [5, 5.41) is 26.3. The van der Waals surface area contributed by atoms with Crippen molar-refractivity contribution in [3.05, 3.63) is 245 Å². The molecule has 0 saturated carbocycles. The average Bonchev–Trinajstić information content (AvgIpc) is 3.98. The quantitative estimate of drug-likeness (QED) is 0.163. The summed E-state index contributed by atoms with van der Waals surface area (Å²) in [6.45, 7) is 8.61. The third-order valence-corrected chi connectivity index (χ3v) is 13.1. The maximum atomic E-state index is 11.5. The van der Waals surface area contributed by atoms with Crippen LogP contribution in [0.5, 0.6) is 0 Å². The van der Waals surface area contributed by atoms with E-state index in [4.69, 9.17) is 6.57 Å². The highest BCUT2D eigenvalue weighted by Crippen LogP contribution is 2.59. The Morgan fingerprint density at radius 2 is 1.05 bits per heavy atom. The third kappa shape index (κ3) is 4.95. The van der Waals surface area contributed by atoms with E-state index in [1.54, 1.807) is 0 Å². The summed E-state index contributed by atoms with van der Waals surface area (Å²) in [7, 11) is 0. The van der Waals surface area contributed by atoms with E-state index in [9.17, 15) is 10.5 Å². The first-order valence-electron chi connectivity index (χ1n) is 20.9. The van der Waals surface area contributed by atoms with Crippen LogP contribution >= 0.6 is 0 Å². The Hall–Kier alpha value is -8.95. The zero-order chi connectivity index (χ0) is 42.2. The topological polar surface area (TPSA) is 61.8 Å². The predicted octanol–water partition coefficient (Wildman–Crippen LogP) is 14.2. The van der Waals surface area contributed by atoms with Crippen LogP contribution in [0.2, 0.25) is 0 Å². The van der Waals surface area contributed by atoms with Gasteiger partial charge in [-0.15, -0.1) is 0 Å². The Labute approximate surface area is 363 Å². The number of benzene rings is 9. The normalized spacial score (nSPS) is 12.5. The molecular weight excluding hydrogens is 767 g/mol. The van der Waals surface area contributed by atoms with Gasteiger partial charge in [-0.25, -0.2) is 4.85 Å². The lowest BCUT2D eigenvalue weighted by atomic mass is 9.67. The highest BCUT2D eigenvalue weighted by Gasteiger charge is 2.47. The van der Waals surface area contributed by atoms with Crippen LogP contribution in [0.1, 0.15) is 33.4 Å². The summed E-state index contributed by atoms with van der Waals surface area (Å²) in [4.78, 5) is 4.13. The van der Waals surface area contributed by atoms with Gasteiger partial charge in [0.15, 0.2) is 0 Å². The van der Waals surface area contributed by atoms with Crippen molar-refractivity contribution in [2.75, 3.05) is 0 Å². The summed E-state index contributed by atoms with van der Waals surface area (Å²) in [6.07, 6.45) is 0. The van der Waals surface area contributed by atoms with Gasteiger partial charge in [-0.2, -0.15) is 10.5 Å². The molecule has 11 aromatic rings. The van der Waals surface area contributed by atoms with Crippen LogP contribution in [0.4, 0.5) is 5.69 Å². The van der Waals surface area contributed by atoms with Gasteiger partial charge in [0.05, 0.1) is 56.9 Å². The van der Waals surface area contributed by atoms with E-state index in [-0.39, 0.29) is 0 Å². The summed E-state index contributed by atoms with van der Waals surface area (Å²) < 4.78 is 4.36. The van der Waals surface area contributed by atoms with Crippen LogP contribution in [-0.4, -0.2) is 9.13 Å². The molecule has 0 bridgehead atoms. The van der Waals surface area contributed by atoms with Gasteiger partial charge in [-0.1, -0.05) is 164 Å². The summed E-state index contributed by atoms with van der Waals surface area (Å²) in [6, 6.07) is 74.0. The van der Waals surface area contributed by atoms with Crippen LogP contribution in [0.25, 0.3) is 82.1 Å². The van der Waals surface area contributed by atoms with Crippen LogP contribution in [0.3, 0.4) is 0 Å². The number of aromatic nitrogens is 2. The van der Waals surface area contributed by atoms with Crippen LogP contribution in [-0.2, 0) is 5.41 Å². The van der Waals surface area contributed by atoms with Gasteiger partial charge < -0.3 is 9.13 Å². The van der Waals surface area contributed by atoms with E-state index in [1.165, 1.54) is 5.56 Å². The number of para-hydroxylation sites is 3. The molecule has 0 atom stereocenters. The number of fused-ring (bicyclic) bond motifs is 10. The van der Waals surface area contributed by atoms with E-state index in [2.05, 4.69) is 166 Å². The average molecular weight is 800 g/mol. The molecule has 2 aromatic heterocycles. The minimum atomic E-state index is -0.645. The second-order valence-corrected chi connectivity index (χ2v) is 16.1. The molecule has 12 rings (SSSR count). The van der Waals surface area contributed by atoms with Crippen molar-refractivity contribution in [1.29, 1.82) is 10.5 Å². The fourth-order valence-electron chi connectivity index (χ4n) is 10.6. The molecule has 0 fully saturated rings. The number of hydrogen-bond donors (Lipinski definition) is 0. The molecule has 5 nitrogen and oxygen atoms in total. The Bertz CT molecular complexity index is 3740. The standard InChI is InChI=1S/C58H33N5/c1-61-51-31-29-42(38-32-37(35-59)33-41(34-38)62-52-25-13-9-20-43(52)44-21-10-14-26-53(44)62)48(36-60)56(51)63-54-27-15-11-22-45(54)46-28-30-50-55(57(46)63)47-23-8-12-24-49(47)58(50,39-16-4-2-5-17-39)40-18-6-3-7-19-40/h2-34H. The molecule has 0 amide bonds. The summed E-state index contributed by atoms with van der Waals surface area (Å²) in [5.41, 5.74) is 13.9. The first-order valence-corrected chi connectivity index (χ1v) is 20.9. The predicted molar refractivity (Wildman–Crippen MR) is 254 cm³/mol. The van der Waals surface area contributed by atoms with Crippen molar-refractivity contribution in [2.24, 2.45) is 0 Å². The van der Waals surface area contributed by atoms with Crippen molar-refractivity contribution in [1.82, 2.24) is 9.13 Å². The minimum absolute atomic E-state index is 0.357. The zero-order valence-corrected chi connectivity index (χ0v) is 33.8. The Kier molecular flexibility index (Phi) is 7.87. The molecular formula is C58H33N5. The Morgan fingerprint density at radius 1 is 0.476 bits per heavy atom. The van der Waals surface area contributed by atoms with Gasteiger partial charge in [-0.3, -0.25) is 0 Å². The number of rotatable bonds is 5. The highest BCUT2D eigenvalue weighted by atomic mass is 15.0. The van der Waals surface area contributed by atoms with Crippen molar-refractivity contribution < 1.29 is 0 Å². The van der Waals surface area contributed by atoms with Crippen molar-refractivity contribution in [3.8, 4) is 45.8 Å². The second kappa shape index (κ2) is 13.8. The second-order valence-electron chi connectivity index (χ2n) is 16.1. The first-order chi connectivity index (χ1) is 31.1. The Balaban J connectivity index is 1.19. The van der Waals surface area contributed by atoms with E-state index in [0.717, 1.165) is 77.1 Å². The van der Waals surface area contributed by atoms with Crippen molar-refractivity contribution >= 4 is 49.3 Å². The maximum absolute atomic E-state index is 11.5. The molecule has 290 valence electrons. The molecule has 0 spiro atoms. The molecule has 0 radical (unpaired) electrons. The van der Waals surface area contributed by atoms with Crippen LogP contribution < -0.4 is 0 Å². The summed E-state index contributed by atoms with van der Waals surface area (Å²) in [5.74, 6) is 0. The zero-order valence-electron chi connectivity index (χ0n) is 33.8. The molecule has 5 heteroatoms. The van der Waals surface area contributed by atoms with Gasteiger partial charge in [0.2, 0.25) is 5.69 Å². The fraction of sp³-hybridized carbons (Fsp3) is 0.0172. The highest BCUT2D eigenvalue weighted by molar-refractivity contribution is 6.17. The lowest BCUT2D eigenvalue weighted by Gasteiger charge is -2.33. The fourth-order valence-corrected chi connectivity index (χ4v) is 10.6. The third-order valence-electron chi connectivity index (χ3n) is 13.1. The molecule has 1 aliphatic carbocycles. The van der Waals surface area contributed by atoms with Crippen LogP contribution in [0, 0.1) is 29.2 Å². The molecule has 1 aliphatic rings. The van der Waals surface area contributed by atoms with Gasteiger partial charge >= 0.3 is 0 Å². The van der Waals surface area contributed by atoms with E-state index in [1.807, 2.05) is 60.7 Å². The SMILES string of the molecule is [C-]#[N+]c1ccc(-c2cc(C#N)cc(-n3c4ccccc4c4ccccc43)c2)c(C#N)c1-n1c2ccccc2c2ccc3c(c21)-c1ccccc1C3(c1ccccc1)c1ccccc1. The monoisotopic (exact) mass is 799 g/mol. The van der Waals surface area contributed by atoms with Crippen molar-refractivity contribution in [2.45, 2.75) is 5.41 Å². The van der Waals surface area contributed by atoms with E-state index >= 15 is 0 Å². The van der Waals surface area contributed by atoms with Gasteiger partial charge in [0, 0.05) is 32.8 Å². The minimum Gasteiger partial charge on any atom is -0.317 e. The molecule has 0 N–H and O–H groups in total. The lowest BCUT2D eigenvalue weighted by molar-refractivity contribution is 0.769. The van der Waals surface area contributed by atoms with Gasteiger partial charge in [-0.05, 0) is 75.3 Å². The maximum Gasteiger partial charge on any atom is 0.211 e. The van der Waals surface area contributed by atoms with Gasteiger partial charge in [0.1, 0.15) is 6.07 Å².